The number of nitrogens with one attached hydrogen (secondary N) is 1. The van der Waals surface area contributed by atoms with Crippen LogP contribution in [0.2, 0.25) is 5.02 Å². The highest BCUT2D eigenvalue weighted by atomic mass is 35.5. The van der Waals surface area contributed by atoms with Gasteiger partial charge in [-0.15, -0.1) is 0 Å². The van der Waals surface area contributed by atoms with Crippen molar-refractivity contribution in [2.24, 2.45) is 5.92 Å². The highest BCUT2D eigenvalue weighted by Gasteiger charge is 2.27. The molecule has 1 N–H and O–H groups in total. The molecule has 36 heavy (non-hydrogen) atoms. The third-order valence-electron chi connectivity index (χ3n) is 5.80. The van der Waals surface area contributed by atoms with Gasteiger partial charge in [0.2, 0.25) is 21.8 Å². The number of sulfonamides is 1. The van der Waals surface area contributed by atoms with Gasteiger partial charge in [0, 0.05) is 31.1 Å². The molecule has 2 aromatic carbocycles. The first kappa shape index (κ1) is 29.6. The van der Waals surface area contributed by atoms with E-state index in [-0.39, 0.29) is 37.2 Å². The Kier molecular flexibility index (Phi) is 10.8. The number of hydrogen-bond acceptors (Lipinski definition) is 4. The van der Waals surface area contributed by atoms with E-state index in [1.807, 2.05) is 64.1 Å². The van der Waals surface area contributed by atoms with Gasteiger partial charge in [-0.1, -0.05) is 49.7 Å². The highest BCUT2D eigenvalue weighted by molar-refractivity contribution is 7.92. The molecule has 0 aliphatic heterocycles. The standard InChI is InChI=1S/C27H38ClN3O4S/c1-19(2)17-29-27(33)22(5)30(18-23-10-7-8-11-25(23)28)26(32)12-9-13-31(36(6,34)35)24-15-20(3)14-21(4)16-24/h7-8,10-11,14-16,19,22H,9,12-13,17-18H2,1-6H3,(H,29,33)/t22-/m1/s1. The zero-order chi connectivity index (χ0) is 27.0. The summed E-state index contributed by atoms with van der Waals surface area (Å²) in [6.07, 6.45) is 1.55. The maximum absolute atomic E-state index is 13.4. The lowest BCUT2D eigenvalue weighted by atomic mass is 10.1. The van der Waals surface area contributed by atoms with Gasteiger partial charge in [-0.3, -0.25) is 13.9 Å². The van der Waals surface area contributed by atoms with Gasteiger partial charge in [-0.25, -0.2) is 8.42 Å². The second kappa shape index (κ2) is 13.1. The SMILES string of the molecule is Cc1cc(C)cc(N(CCCC(=O)N(Cc2ccccc2Cl)[C@H](C)C(=O)NCC(C)C)S(C)(=O)=O)c1. The monoisotopic (exact) mass is 535 g/mol. The predicted octanol–water partition coefficient (Wildman–Crippen LogP) is 4.69. The fraction of sp³-hybridized carbons (Fsp3) is 0.481. The molecule has 2 amide bonds. The minimum absolute atomic E-state index is 0.0864. The second-order valence-electron chi connectivity index (χ2n) is 9.71. The van der Waals surface area contributed by atoms with Gasteiger partial charge in [0.25, 0.3) is 0 Å². The average Bonchev–Trinajstić information content (AvgIpc) is 2.77. The molecule has 0 bridgehead atoms. The van der Waals surface area contributed by atoms with Crippen LogP contribution in [0.5, 0.6) is 0 Å². The largest absolute Gasteiger partial charge is 0.354 e. The summed E-state index contributed by atoms with van der Waals surface area (Å²) in [4.78, 5) is 27.7. The van der Waals surface area contributed by atoms with Crippen molar-refractivity contribution in [1.29, 1.82) is 0 Å². The van der Waals surface area contributed by atoms with Crippen LogP contribution in [0.15, 0.2) is 42.5 Å². The van der Waals surface area contributed by atoms with E-state index in [4.69, 9.17) is 11.6 Å². The van der Waals surface area contributed by atoms with Crippen molar-refractivity contribution >= 4 is 39.1 Å². The maximum atomic E-state index is 13.4. The smallest absolute Gasteiger partial charge is 0.242 e. The van der Waals surface area contributed by atoms with Gasteiger partial charge in [0.1, 0.15) is 6.04 Å². The van der Waals surface area contributed by atoms with Gasteiger partial charge in [-0.05, 0) is 68.0 Å². The number of rotatable bonds is 12. The van der Waals surface area contributed by atoms with Crippen molar-refractivity contribution in [3.05, 3.63) is 64.2 Å². The number of anilines is 1. The molecule has 7 nitrogen and oxygen atoms in total. The first-order valence-electron chi connectivity index (χ1n) is 12.2. The molecule has 2 rings (SSSR count). The molecule has 0 unspecified atom stereocenters. The van der Waals surface area contributed by atoms with E-state index in [1.165, 1.54) is 9.21 Å². The van der Waals surface area contributed by atoms with Gasteiger partial charge in [0.15, 0.2) is 0 Å². The molecule has 0 saturated heterocycles. The van der Waals surface area contributed by atoms with E-state index in [9.17, 15) is 18.0 Å². The Balaban J connectivity index is 2.20. The minimum Gasteiger partial charge on any atom is -0.354 e. The summed E-state index contributed by atoms with van der Waals surface area (Å²) in [5.74, 6) is -0.200. The lowest BCUT2D eigenvalue weighted by Crippen LogP contribution is -2.48. The summed E-state index contributed by atoms with van der Waals surface area (Å²) in [5, 5.41) is 3.41. The molecule has 2 aromatic rings. The summed E-state index contributed by atoms with van der Waals surface area (Å²) >= 11 is 6.34. The number of carbonyl (C=O) groups is 2. The molecule has 0 radical (unpaired) electrons. The van der Waals surface area contributed by atoms with E-state index in [0.29, 0.717) is 23.7 Å². The molecule has 0 saturated carbocycles. The Morgan fingerprint density at radius 3 is 2.19 bits per heavy atom. The summed E-state index contributed by atoms with van der Waals surface area (Å²) in [7, 11) is -3.54. The first-order chi connectivity index (χ1) is 16.8. The number of halogens is 1. The fourth-order valence-corrected chi connectivity index (χ4v) is 5.09. The van der Waals surface area contributed by atoms with Crippen LogP contribution in [-0.2, 0) is 26.2 Å². The Labute approximate surface area is 220 Å². The molecule has 198 valence electrons. The summed E-state index contributed by atoms with van der Waals surface area (Å²) in [6, 6.07) is 12.1. The van der Waals surface area contributed by atoms with Gasteiger partial charge < -0.3 is 10.2 Å². The third kappa shape index (κ3) is 8.82. The molecule has 1 atom stereocenters. The molecular weight excluding hydrogens is 498 g/mol. The summed E-state index contributed by atoms with van der Waals surface area (Å²) in [6.45, 7) is 10.4. The number of benzene rings is 2. The van der Waals surface area contributed by atoms with Gasteiger partial charge in [-0.2, -0.15) is 0 Å². The Morgan fingerprint density at radius 2 is 1.64 bits per heavy atom. The number of amides is 2. The average molecular weight is 536 g/mol. The first-order valence-corrected chi connectivity index (χ1v) is 14.4. The third-order valence-corrected chi connectivity index (χ3v) is 7.36. The Morgan fingerprint density at radius 1 is 1.03 bits per heavy atom. The lowest BCUT2D eigenvalue weighted by Gasteiger charge is -2.30. The van der Waals surface area contributed by atoms with Crippen molar-refractivity contribution in [3.63, 3.8) is 0 Å². The van der Waals surface area contributed by atoms with E-state index in [0.717, 1.165) is 22.9 Å². The molecule has 0 heterocycles. The summed E-state index contributed by atoms with van der Waals surface area (Å²) < 4.78 is 26.4. The van der Waals surface area contributed by atoms with Crippen LogP contribution in [0.25, 0.3) is 0 Å². The van der Waals surface area contributed by atoms with E-state index < -0.39 is 16.1 Å². The van der Waals surface area contributed by atoms with Crippen molar-refractivity contribution in [2.45, 2.75) is 60.0 Å². The van der Waals surface area contributed by atoms with Crippen molar-refractivity contribution in [3.8, 4) is 0 Å². The Hall–Kier alpha value is -2.58. The quantitative estimate of drug-likeness (QED) is 0.427. The zero-order valence-electron chi connectivity index (χ0n) is 22.0. The van der Waals surface area contributed by atoms with Crippen molar-refractivity contribution in [1.82, 2.24) is 10.2 Å². The molecular formula is C27H38ClN3O4S. The fourth-order valence-electron chi connectivity index (χ4n) is 3.94. The maximum Gasteiger partial charge on any atom is 0.242 e. The predicted molar refractivity (Wildman–Crippen MR) is 147 cm³/mol. The van der Waals surface area contributed by atoms with E-state index in [2.05, 4.69) is 5.32 Å². The molecule has 0 aliphatic rings. The number of hydrogen-bond donors (Lipinski definition) is 1. The molecule has 0 fully saturated rings. The number of aryl methyl sites for hydroxylation is 2. The van der Waals surface area contributed by atoms with Crippen LogP contribution in [0, 0.1) is 19.8 Å². The lowest BCUT2D eigenvalue weighted by molar-refractivity contribution is -0.140. The van der Waals surface area contributed by atoms with Crippen LogP contribution >= 0.6 is 11.6 Å². The van der Waals surface area contributed by atoms with Gasteiger partial charge in [0.05, 0.1) is 11.9 Å². The van der Waals surface area contributed by atoms with Crippen LogP contribution in [0.1, 0.15) is 50.3 Å². The number of nitrogens with zero attached hydrogens (tertiary/aromatic N) is 2. The van der Waals surface area contributed by atoms with Crippen molar-refractivity contribution in [2.75, 3.05) is 23.7 Å². The van der Waals surface area contributed by atoms with Crippen molar-refractivity contribution < 1.29 is 18.0 Å². The second-order valence-corrected chi connectivity index (χ2v) is 12.0. The summed E-state index contributed by atoms with van der Waals surface area (Å²) in [5.41, 5.74) is 3.24. The Bertz CT molecular complexity index is 1150. The normalized spacial score (nSPS) is 12.3. The van der Waals surface area contributed by atoms with E-state index in [1.54, 1.807) is 13.0 Å². The van der Waals surface area contributed by atoms with Crippen LogP contribution in [0.3, 0.4) is 0 Å². The molecule has 0 aliphatic carbocycles. The van der Waals surface area contributed by atoms with Crippen LogP contribution in [-0.4, -0.2) is 50.5 Å². The minimum atomic E-state index is -3.54. The van der Waals surface area contributed by atoms with E-state index >= 15 is 0 Å². The zero-order valence-corrected chi connectivity index (χ0v) is 23.6. The highest BCUT2D eigenvalue weighted by Crippen LogP contribution is 2.23. The van der Waals surface area contributed by atoms with Gasteiger partial charge >= 0.3 is 0 Å². The number of carbonyl (C=O) groups excluding carboxylic acids is 2. The topological polar surface area (TPSA) is 86.8 Å². The molecule has 9 heteroatoms. The molecule has 0 aromatic heterocycles. The molecule has 0 spiro atoms. The van der Waals surface area contributed by atoms with Crippen LogP contribution < -0.4 is 9.62 Å². The van der Waals surface area contributed by atoms with Crippen LogP contribution in [0.4, 0.5) is 5.69 Å².